The topological polar surface area (TPSA) is 171 Å². The van der Waals surface area contributed by atoms with Crippen molar-refractivity contribution in [2.75, 3.05) is 0 Å². The third kappa shape index (κ3) is 13.0. The van der Waals surface area contributed by atoms with Crippen molar-refractivity contribution in [1.29, 1.82) is 0 Å². The molecule has 0 bridgehead atoms. The van der Waals surface area contributed by atoms with Crippen molar-refractivity contribution < 1.29 is 0 Å². The number of rotatable bonds is 12. The predicted molar refractivity (Wildman–Crippen MR) is 534 cm³/mol. The highest BCUT2D eigenvalue weighted by atomic mass is 15.2. The molecule has 12 aromatic heterocycles. The quantitative estimate of drug-likeness (QED) is 0.114. The zero-order valence-corrected chi connectivity index (χ0v) is 70.7. The Labute approximate surface area is 754 Å². The molecule has 0 radical (unpaired) electrons. The van der Waals surface area contributed by atoms with E-state index in [4.69, 9.17) is 39.9 Å². The van der Waals surface area contributed by atoms with Crippen LogP contribution >= 0.6 is 0 Å². The molecule has 0 fully saturated rings. The SMILES string of the molecule is c1ccc(-c2cc(-n3c4ccccc4c4cc(-n5c6ccccc6c6ccccc65)ccc43)nc(-c3ccccc3)n2)cc1.c1ccc(-c2nc(-c3cccnc3)nc(-n3c4ccccc4c4cc(-n5c6ccccc6c6ccccc65)ccc43)n2)cc1.c1ccc2c(c1)c1ccccc1n2-c1ccc2c(c1)c1ccccc1n2-c1nc(-c2ccncc2)nc(-c2ccncc2)n1. The zero-order valence-electron chi connectivity index (χ0n) is 70.7. The summed E-state index contributed by atoms with van der Waals surface area (Å²) < 4.78 is 13.6. The predicted octanol–water partition coefficient (Wildman–Crippen LogP) is 27.0. The Hall–Kier alpha value is -18.4. The number of hydrogen-bond donors (Lipinski definition) is 0. The number of benzene rings is 15. The molecule has 0 atom stereocenters. The molecule has 0 unspecified atom stereocenters. The van der Waals surface area contributed by atoms with Crippen LogP contribution in [0.4, 0.5) is 0 Å². The molecule has 0 N–H and O–H groups in total. The molecule has 17 nitrogen and oxygen atoms in total. The van der Waals surface area contributed by atoms with E-state index in [0.29, 0.717) is 41.0 Å². The van der Waals surface area contributed by atoms with Crippen LogP contribution in [0.5, 0.6) is 0 Å². The van der Waals surface area contributed by atoms with Crippen LogP contribution in [0.25, 0.3) is 234 Å². The van der Waals surface area contributed by atoms with Gasteiger partial charge in [0.15, 0.2) is 29.1 Å². The van der Waals surface area contributed by atoms with Gasteiger partial charge in [0.2, 0.25) is 11.9 Å². The van der Waals surface area contributed by atoms with Crippen molar-refractivity contribution in [3.05, 3.63) is 444 Å². The summed E-state index contributed by atoms with van der Waals surface area (Å²) in [6.07, 6.45) is 10.6. The molecule has 0 saturated heterocycles. The van der Waals surface area contributed by atoms with Gasteiger partial charge in [-0.2, -0.15) is 19.9 Å². The van der Waals surface area contributed by atoms with Crippen molar-refractivity contribution in [3.63, 3.8) is 0 Å². The minimum Gasteiger partial charge on any atom is -0.309 e. The highest BCUT2D eigenvalue weighted by molar-refractivity contribution is 6.16. The molecule has 0 spiro atoms. The summed E-state index contributed by atoms with van der Waals surface area (Å²) >= 11 is 0. The van der Waals surface area contributed by atoms with E-state index in [0.717, 1.165) is 117 Å². The van der Waals surface area contributed by atoms with Crippen LogP contribution in [0, 0.1) is 0 Å². The molecule has 17 heteroatoms. The Morgan fingerprint density at radius 1 is 0.152 bits per heavy atom. The fourth-order valence-electron chi connectivity index (χ4n) is 19.1. The Balaban J connectivity index is 0.000000106. The van der Waals surface area contributed by atoms with Gasteiger partial charge >= 0.3 is 0 Å². The molecule has 12 heterocycles. The number of nitrogens with zero attached hydrogens (tertiary/aromatic N) is 17. The highest BCUT2D eigenvalue weighted by Crippen LogP contribution is 2.43. The van der Waals surface area contributed by atoms with E-state index in [2.05, 4.69) is 358 Å². The first-order valence-electron chi connectivity index (χ1n) is 43.9. The Bertz CT molecular complexity index is 7990. The molecule has 132 heavy (non-hydrogen) atoms. The number of aromatic nitrogens is 17. The van der Waals surface area contributed by atoms with Crippen molar-refractivity contribution in [2.24, 2.45) is 0 Å². The molecule has 0 aliphatic heterocycles. The standard InChI is InChI=1S/C40H26N4.C38H24N6.C37H23N7/c1-3-13-27(14-4-1)34-26-39(42-40(41-34)28-15-5-2-6-16-28)44-37-22-12-9-19-32(37)33-25-29(23-24-38(33)44)43-35-20-10-7-17-30(35)31-18-8-11-21-36(31)43;1-2-11-25(12-3-1)36-40-37(26-13-10-22-39-24-26)42-38(41-36)44-34-19-9-6-16-30(34)31-23-27(20-21-35(31)44)43-32-17-7-4-14-28(32)29-15-5-8-18-33(29)43;1-4-10-31-27(7-1)28-8-2-5-11-32(28)43(31)26-13-14-34-30(23-26)29-9-3-6-12-33(29)44(34)37-41-35(24-15-19-38-20-16-24)40-36(42-37)25-17-21-39-22-18-25/h1-26H;1-24H;1-23H. The summed E-state index contributed by atoms with van der Waals surface area (Å²) in [7, 11) is 0. The third-order valence-corrected chi connectivity index (χ3v) is 25.0. The van der Waals surface area contributed by atoms with Gasteiger partial charge in [-0.05, 0) is 146 Å². The van der Waals surface area contributed by atoms with Crippen molar-refractivity contribution >= 4 is 131 Å². The summed E-state index contributed by atoms with van der Waals surface area (Å²) in [5.74, 6) is 5.01. The van der Waals surface area contributed by atoms with Gasteiger partial charge in [0, 0.05) is 158 Å². The van der Waals surface area contributed by atoms with Crippen molar-refractivity contribution in [3.8, 4) is 103 Å². The fraction of sp³-hybridized carbons (Fsp3) is 0. The molecule has 0 aliphatic rings. The lowest BCUT2D eigenvalue weighted by Gasteiger charge is -2.12. The van der Waals surface area contributed by atoms with Crippen LogP contribution in [-0.4, -0.2) is 82.2 Å². The molecule has 0 amide bonds. The highest BCUT2D eigenvalue weighted by Gasteiger charge is 2.26. The molecular formula is C115H73N17. The van der Waals surface area contributed by atoms with E-state index in [1.807, 2.05) is 91.0 Å². The number of hydrogen-bond acceptors (Lipinski definition) is 11. The first kappa shape index (κ1) is 76.1. The first-order valence-corrected chi connectivity index (χ1v) is 43.9. The maximum Gasteiger partial charge on any atom is 0.238 e. The van der Waals surface area contributed by atoms with Crippen LogP contribution in [0.1, 0.15) is 0 Å². The molecular weight excluding hydrogens is 1620 g/mol. The average Bonchev–Trinajstić information content (AvgIpc) is 1.58. The Morgan fingerprint density at radius 2 is 0.409 bits per heavy atom. The molecule has 0 saturated carbocycles. The molecule has 618 valence electrons. The summed E-state index contributed by atoms with van der Waals surface area (Å²) in [6, 6.07) is 142. The van der Waals surface area contributed by atoms with E-state index >= 15 is 0 Å². The van der Waals surface area contributed by atoms with Crippen LogP contribution in [-0.2, 0) is 0 Å². The van der Waals surface area contributed by atoms with Gasteiger partial charge in [-0.15, -0.1) is 0 Å². The van der Waals surface area contributed by atoms with Gasteiger partial charge in [0.1, 0.15) is 5.82 Å². The summed E-state index contributed by atoms with van der Waals surface area (Å²) in [5.41, 5.74) is 23.2. The van der Waals surface area contributed by atoms with Crippen molar-refractivity contribution in [1.82, 2.24) is 82.2 Å². The lowest BCUT2D eigenvalue weighted by atomic mass is 10.1. The minimum atomic E-state index is 0.550. The zero-order chi connectivity index (χ0) is 87.1. The maximum atomic E-state index is 5.17. The summed E-state index contributed by atoms with van der Waals surface area (Å²) in [4.78, 5) is 52.7. The van der Waals surface area contributed by atoms with Gasteiger partial charge in [-0.1, -0.05) is 255 Å². The fourth-order valence-corrected chi connectivity index (χ4v) is 19.1. The lowest BCUT2D eigenvalue weighted by Crippen LogP contribution is -2.06. The molecule has 27 aromatic rings. The summed E-state index contributed by atoms with van der Waals surface area (Å²) in [6.45, 7) is 0. The van der Waals surface area contributed by atoms with Gasteiger partial charge in [-0.25, -0.2) is 19.9 Å². The van der Waals surface area contributed by atoms with Crippen LogP contribution in [0.15, 0.2) is 444 Å². The van der Waals surface area contributed by atoms with E-state index in [-0.39, 0.29) is 0 Å². The van der Waals surface area contributed by atoms with Gasteiger partial charge in [0.25, 0.3) is 0 Å². The number of para-hydroxylation sites is 9. The second-order valence-electron chi connectivity index (χ2n) is 32.6. The third-order valence-electron chi connectivity index (χ3n) is 25.0. The molecule has 15 aromatic carbocycles. The van der Waals surface area contributed by atoms with E-state index < -0.39 is 0 Å². The van der Waals surface area contributed by atoms with Crippen LogP contribution in [0.2, 0.25) is 0 Å². The second kappa shape index (κ2) is 31.9. The van der Waals surface area contributed by atoms with Gasteiger partial charge < -0.3 is 13.7 Å². The number of fused-ring (bicyclic) bond motifs is 18. The number of pyridine rings is 3. The first-order chi connectivity index (χ1) is 65.5. The molecule has 27 rings (SSSR count). The van der Waals surface area contributed by atoms with Gasteiger partial charge in [0.05, 0.1) is 71.9 Å². The van der Waals surface area contributed by atoms with E-state index in [1.54, 1.807) is 37.2 Å². The van der Waals surface area contributed by atoms with Crippen LogP contribution < -0.4 is 0 Å². The van der Waals surface area contributed by atoms with Crippen molar-refractivity contribution in [2.45, 2.75) is 0 Å². The largest absolute Gasteiger partial charge is 0.309 e. The minimum absolute atomic E-state index is 0.550. The maximum absolute atomic E-state index is 5.17. The van der Waals surface area contributed by atoms with E-state index in [9.17, 15) is 0 Å². The molecule has 0 aliphatic carbocycles. The van der Waals surface area contributed by atoms with Gasteiger partial charge in [-0.3, -0.25) is 28.7 Å². The second-order valence-corrected chi connectivity index (χ2v) is 32.6. The smallest absolute Gasteiger partial charge is 0.238 e. The Morgan fingerprint density at radius 3 is 0.742 bits per heavy atom. The van der Waals surface area contributed by atoms with Crippen LogP contribution in [0.3, 0.4) is 0 Å². The Kier molecular flexibility index (Phi) is 18.4. The normalized spacial score (nSPS) is 11.6. The lowest BCUT2D eigenvalue weighted by molar-refractivity contribution is 0.952. The summed E-state index contributed by atoms with van der Waals surface area (Å²) in [5, 5.41) is 14.4. The average molecular weight is 1690 g/mol. The monoisotopic (exact) mass is 1690 g/mol. The van der Waals surface area contributed by atoms with E-state index in [1.165, 1.54) is 76.2 Å².